The van der Waals surface area contributed by atoms with Gasteiger partial charge in [0.2, 0.25) is 0 Å². The molecule has 1 heterocycles. The van der Waals surface area contributed by atoms with E-state index in [0.29, 0.717) is 17.0 Å². The third-order valence-electron chi connectivity index (χ3n) is 4.17. The highest BCUT2D eigenvalue weighted by Gasteiger charge is 2.17. The molecule has 0 saturated heterocycles. The fourth-order valence-corrected chi connectivity index (χ4v) is 2.83. The average molecular weight is 362 g/mol. The number of nitrogens with one attached hydrogen (secondary N) is 4. The predicted molar refractivity (Wildman–Crippen MR) is 107 cm³/mol. The monoisotopic (exact) mass is 362 g/mol. The zero-order valence-electron chi connectivity index (χ0n) is 15.2. The second-order valence-electron chi connectivity index (χ2n) is 6.15. The lowest BCUT2D eigenvalue weighted by molar-refractivity contribution is 0.102. The van der Waals surface area contributed by atoms with Crippen molar-refractivity contribution in [1.29, 1.82) is 5.41 Å². The number of hydrogen-bond acceptors (Lipinski definition) is 5. The molecule has 1 aliphatic rings. The van der Waals surface area contributed by atoms with E-state index in [4.69, 9.17) is 10.1 Å². The maximum absolute atomic E-state index is 12.6. The third kappa shape index (κ3) is 4.36. The van der Waals surface area contributed by atoms with Crippen LogP contribution in [-0.4, -0.2) is 19.2 Å². The number of carbonyl (C=O) groups is 1. The van der Waals surface area contributed by atoms with Crippen molar-refractivity contribution in [1.82, 2.24) is 10.6 Å². The van der Waals surface area contributed by atoms with Crippen molar-refractivity contribution in [3.8, 4) is 5.75 Å². The molecular formula is C21H22N4O2. The Balaban J connectivity index is 1.72. The molecule has 0 bridgehead atoms. The zero-order chi connectivity index (χ0) is 19.2. The molecule has 6 heteroatoms. The van der Waals surface area contributed by atoms with Gasteiger partial charge in [-0.25, -0.2) is 0 Å². The highest BCUT2D eigenvalue weighted by molar-refractivity contribution is 6.06. The number of aryl methyl sites for hydroxylation is 1. The van der Waals surface area contributed by atoms with E-state index in [1.54, 1.807) is 19.3 Å². The Kier molecular flexibility index (Phi) is 5.56. The van der Waals surface area contributed by atoms with Gasteiger partial charge in [-0.2, -0.15) is 0 Å². The molecule has 0 aromatic heterocycles. The fourth-order valence-electron chi connectivity index (χ4n) is 2.83. The van der Waals surface area contributed by atoms with Crippen molar-refractivity contribution in [3.05, 3.63) is 83.2 Å². The SMILES string of the molecule is COc1cc(C)ccc1C(=O)Nc1cccc(C2NC=C(/C=C\C=N)N2)c1. The average Bonchev–Trinajstić information content (AvgIpc) is 3.15. The second kappa shape index (κ2) is 8.23. The van der Waals surface area contributed by atoms with E-state index in [2.05, 4.69) is 16.0 Å². The Hall–Kier alpha value is -3.54. The van der Waals surface area contributed by atoms with Crippen LogP contribution in [0.1, 0.15) is 27.7 Å². The maximum Gasteiger partial charge on any atom is 0.259 e. The summed E-state index contributed by atoms with van der Waals surface area (Å²) in [5.74, 6) is 0.332. The standard InChI is InChI=1S/C21H22N4O2/c1-14-8-9-18(19(11-14)27-2)21(26)25-16-6-3-5-15(12-16)20-23-13-17(24-20)7-4-10-22/h3-13,20,22-24H,1-2H3,(H,25,26)/b7-4-,22-10?. The van der Waals surface area contributed by atoms with Crippen LogP contribution in [0, 0.1) is 12.3 Å². The number of ether oxygens (including phenoxy) is 1. The normalized spacial score (nSPS) is 15.6. The number of carbonyl (C=O) groups excluding carboxylic acids is 1. The minimum absolute atomic E-state index is 0.0962. The molecule has 2 aromatic rings. The minimum atomic E-state index is -0.218. The molecule has 1 atom stereocenters. The molecule has 2 aromatic carbocycles. The van der Waals surface area contributed by atoms with Gasteiger partial charge in [0.15, 0.2) is 0 Å². The topological polar surface area (TPSA) is 86.2 Å². The first-order valence-corrected chi connectivity index (χ1v) is 8.56. The van der Waals surface area contributed by atoms with E-state index >= 15 is 0 Å². The molecule has 0 saturated carbocycles. The van der Waals surface area contributed by atoms with E-state index < -0.39 is 0 Å². The van der Waals surface area contributed by atoms with Gasteiger partial charge in [0, 0.05) is 18.1 Å². The minimum Gasteiger partial charge on any atom is -0.496 e. The predicted octanol–water partition coefficient (Wildman–Crippen LogP) is 3.49. The molecule has 0 radical (unpaired) electrons. The first kappa shape index (κ1) is 18.3. The summed E-state index contributed by atoms with van der Waals surface area (Å²) >= 11 is 0. The van der Waals surface area contributed by atoms with Crippen LogP contribution in [0.4, 0.5) is 5.69 Å². The summed E-state index contributed by atoms with van der Waals surface area (Å²) in [5, 5.41) is 16.5. The lowest BCUT2D eigenvalue weighted by Crippen LogP contribution is -2.22. The summed E-state index contributed by atoms with van der Waals surface area (Å²) in [6, 6.07) is 13.1. The highest BCUT2D eigenvalue weighted by atomic mass is 16.5. The number of anilines is 1. The van der Waals surface area contributed by atoms with Crippen LogP contribution in [0.5, 0.6) is 5.75 Å². The van der Waals surface area contributed by atoms with Crippen LogP contribution < -0.4 is 20.7 Å². The summed E-state index contributed by atoms with van der Waals surface area (Å²) < 4.78 is 5.32. The van der Waals surface area contributed by atoms with Crippen molar-refractivity contribution in [2.45, 2.75) is 13.1 Å². The molecule has 3 rings (SSSR count). The Labute approximate surface area is 158 Å². The Morgan fingerprint density at radius 3 is 2.89 bits per heavy atom. The van der Waals surface area contributed by atoms with Crippen molar-refractivity contribution in [2.24, 2.45) is 0 Å². The third-order valence-corrected chi connectivity index (χ3v) is 4.17. The van der Waals surface area contributed by atoms with E-state index in [0.717, 1.165) is 16.8 Å². The van der Waals surface area contributed by atoms with Gasteiger partial charge in [-0.05, 0) is 54.5 Å². The molecule has 0 spiro atoms. The molecule has 6 nitrogen and oxygen atoms in total. The molecule has 1 aliphatic heterocycles. The number of amides is 1. The summed E-state index contributed by atoms with van der Waals surface area (Å²) in [7, 11) is 1.56. The zero-order valence-corrected chi connectivity index (χ0v) is 15.2. The van der Waals surface area contributed by atoms with Crippen molar-refractivity contribution in [2.75, 3.05) is 12.4 Å². The maximum atomic E-state index is 12.6. The Morgan fingerprint density at radius 2 is 2.11 bits per heavy atom. The summed E-state index contributed by atoms with van der Waals surface area (Å²) in [6.07, 6.45) is 6.45. The van der Waals surface area contributed by atoms with Crippen molar-refractivity contribution in [3.63, 3.8) is 0 Å². The number of methoxy groups -OCH3 is 1. The molecule has 0 aliphatic carbocycles. The van der Waals surface area contributed by atoms with E-state index in [-0.39, 0.29) is 12.1 Å². The number of hydrogen-bond donors (Lipinski definition) is 4. The molecule has 27 heavy (non-hydrogen) atoms. The van der Waals surface area contributed by atoms with Crippen molar-refractivity contribution >= 4 is 17.8 Å². The summed E-state index contributed by atoms with van der Waals surface area (Å²) in [6.45, 7) is 1.95. The van der Waals surface area contributed by atoms with Crippen LogP contribution in [-0.2, 0) is 0 Å². The Morgan fingerprint density at radius 1 is 1.26 bits per heavy atom. The van der Waals surface area contributed by atoms with Gasteiger partial charge in [-0.15, -0.1) is 0 Å². The van der Waals surface area contributed by atoms with Gasteiger partial charge in [-0.1, -0.05) is 18.2 Å². The van der Waals surface area contributed by atoms with Crippen LogP contribution in [0.3, 0.4) is 0 Å². The number of rotatable bonds is 6. The van der Waals surface area contributed by atoms with Gasteiger partial charge < -0.3 is 26.1 Å². The van der Waals surface area contributed by atoms with E-state index in [1.807, 2.05) is 55.6 Å². The molecule has 1 amide bonds. The summed E-state index contributed by atoms with van der Waals surface area (Å²) in [4.78, 5) is 12.6. The van der Waals surface area contributed by atoms with Crippen molar-refractivity contribution < 1.29 is 9.53 Å². The lowest BCUT2D eigenvalue weighted by Gasteiger charge is -2.15. The Bertz CT molecular complexity index is 918. The highest BCUT2D eigenvalue weighted by Crippen LogP contribution is 2.23. The quantitative estimate of drug-likeness (QED) is 0.593. The lowest BCUT2D eigenvalue weighted by atomic mass is 10.1. The smallest absolute Gasteiger partial charge is 0.259 e. The van der Waals surface area contributed by atoms with Gasteiger partial charge in [0.25, 0.3) is 5.91 Å². The van der Waals surface area contributed by atoms with Crippen LogP contribution in [0.25, 0.3) is 0 Å². The molecule has 138 valence electrons. The van der Waals surface area contributed by atoms with E-state index in [1.165, 1.54) is 6.21 Å². The first-order chi connectivity index (χ1) is 13.1. The first-order valence-electron chi connectivity index (χ1n) is 8.56. The van der Waals surface area contributed by atoms with Crippen LogP contribution in [0.15, 0.2) is 66.5 Å². The van der Waals surface area contributed by atoms with Gasteiger partial charge in [0.05, 0.1) is 18.4 Å². The van der Waals surface area contributed by atoms with E-state index in [9.17, 15) is 4.79 Å². The molecule has 4 N–H and O–H groups in total. The van der Waals surface area contributed by atoms with Crippen LogP contribution in [0.2, 0.25) is 0 Å². The number of allylic oxidation sites excluding steroid dienone is 2. The number of benzene rings is 2. The van der Waals surface area contributed by atoms with Crippen LogP contribution >= 0.6 is 0 Å². The second-order valence-corrected chi connectivity index (χ2v) is 6.15. The summed E-state index contributed by atoms with van der Waals surface area (Å²) in [5.41, 5.74) is 4.10. The molecular weight excluding hydrogens is 340 g/mol. The molecule has 1 unspecified atom stereocenters. The van der Waals surface area contributed by atoms with Gasteiger partial charge >= 0.3 is 0 Å². The molecule has 0 fully saturated rings. The fraction of sp³-hybridized carbons (Fsp3) is 0.143. The van der Waals surface area contributed by atoms with Gasteiger partial charge in [0.1, 0.15) is 11.9 Å². The largest absolute Gasteiger partial charge is 0.496 e. The van der Waals surface area contributed by atoms with Gasteiger partial charge in [-0.3, -0.25) is 4.79 Å².